The fourth-order valence-electron chi connectivity index (χ4n) is 1.18. The van der Waals surface area contributed by atoms with Crippen LogP contribution >= 0.6 is 0 Å². The molecule has 7 heteroatoms. The van der Waals surface area contributed by atoms with E-state index in [-0.39, 0.29) is 0 Å². The van der Waals surface area contributed by atoms with Crippen LogP contribution in [0.5, 0.6) is 0 Å². The maximum absolute atomic E-state index is 11.6. The minimum absolute atomic E-state index is 0.311. The summed E-state index contributed by atoms with van der Waals surface area (Å²) < 4.78 is 0.886. The SMILES string of the molecule is O=C(Nn1ccc(=O)[nH]c1=O)c1cccnc1. The number of carbonyl (C=O) groups excluding carboxylic acids is 1. The first kappa shape index (κ1) is 10.8. The highest BCUT2D eigenvalue weighted by Crippen LogP contribution is 1.95. The lowest BCUT2D eigenvalue weighted by Gasteiger charge is -2.06. The van der Waals surface area contributed by atoms with Crippen LogP contribution in [-0.4, -0.2) is 20.6 Å². The second-order valence-electron chi connectivity index (χ2n) is 3.16. The molecule has 17 heavy (non-hydrogen) atoms. The molecule has 0 aliphatic carbocycles. The molecule has 2 N–H and O–H groups in total. The van der Waals surface area contributed by atoms with E-state index in [4.69, 9.17) is 0 Å². The van der Waals surface area contributed by atoms with Gasteiger partial charge in [0.1, 0.15) is 0 Å². The third-order valence-corrected chi connectivity index (χ3v) is 1.97. The first-order valence-electron chi connectivity index (χ1n) is 4.70. The number of nitrogens with one attached hydrogen (secondary N) is 2. The average Bonchev–Trinajstić information content (AvgIpc) is 2.34. The van der Waals surface area contributed by atoms with Gasteiger partial charge in [-0.15, -0.1) is 0 Å². The van der Waals surface area contributed by atoms with Gasteiger partial charge >= 0.3 is 5.69 Å². The predicted molar refractivity (Wildman–Crippen MR) is 59.3 cm³/mol. The van der Waals surface area contributed by atoms with Crippen LogP contribution in [0.15, 0.2) is 46.4 Å². The number of aromatic nitrogens is 3. The van der Waals surface area contributed by atoms with Crippen molar-refractivity contribution in [2.75, 3.05) is 5.43 Å². The van der Waals surface area contributed by atoms with Crippen molar-refractivity contribution in [3.8, 4) is 0 Å². The zero-order chi connectivity index (χ0) is 12.3. The second kappa shape index (κ2) is 4.44. The van der Waals surface area contributed by atoms with Crippen molar-refractivity contribution in [3.05, 3.63) is 63.2 Å². The third kappa shape index (κ3) is 2.46. The van der Waals surface area contributed by atoms with Gasteiger partial charge in [-0.1, -0.05) is 0 Å². The number of pyridine rings is 1. The van der Waals surface area contributed by atoms with Gasteiger partial charge < -0.3 is 0 Å². The van der Waals surface area contributed by atoms with Crippen molar-refractivity contribution in [1.82, 2.24) is 14.6 Å². The molecule has 7 nitrogen and oxygen atoms in total. The van der Waals surface area contributed by atoms with Crippen molar-refractivity contribution in [3.63, 3.8) is 0 Å². The Hall–Kier alpha value is -2.70. The summed E-state index contributed by atoms with van der Waals surface area (Å²) in [6.45, 7) is 0. The van der Waals surface area contributed by atoms with E-state index in [0.29, 0.717) is 5.56 Å². The summed E-state index contributed by atoms with van der Waals surface area (Å²) in [5, 5.41) is 0. The van der Waals surface area contributed by atoms with Crippen LogP contribution in [0.4, 0.5) is 0 Å². The van der Waals surface area contributed by atoms with Crippen molar-refractivity contribution in [1.29, 1.82) is 0 Å². The van der Waals surface area contributed by atoms with E-state index in [1.807, 2.05) is 4.98 Å². The van der Waals surface area contributed by atoms with Gasteiger partial charge in [-0.05, 0) is 12.1 Å². The maximum Gasteiger partial charge on any atom is 0.347 e. The van der Waals surface area contributed by atoms with E-state index >= 15 is 0 Å². The number of carbonyl (C=O) groups is 1. The van der Waals surface area contributed by atoms with Gasteiger partial charge in [-0.25, -0.2) is 9.47 Å². The molecule has 2 heterocycles. The highest BCUT2D eigenvalue weighted by molar-refractivity contribution is 5.99. The molecular formula is C10H8N4O3. The fourth-order valence-corrected chi connectivity index (χ4v) is 1.18. The van der Waals surface area contributed by atoms with Crippen LogP contribution in [0.3, 0.4) is 0 Å². The molecule has 0 unspecified atom stereocenters. The van der Waals surface area contributed by atoms with Crippen molar-refractivity contribution >= 4 is 5.91 Å². The van der Waals surface area contributed by atoms with Gasteiger partial charge in [0.25, 0.3) is 11.5 Å². The number of amides is 1. The zero-order valence-electron chi connectivity index (χ0n) is 8.58. The molecule has 0 aromatic carbocycles. The Kier molecular flexibility index (Phi) is 2.82. The van der Waals surface area contributed by atoms with Crippen molar-refractivity contribution in [2.24, 2.45) is 0 Å². The molecule has 0 aliphatic heterocycles. The largest absolute Gasteiger partial charge is 0.347 e. The van der Waals surface area contributed by atoms with Gasteiger partial charge in [0, 0.05) is 24.7 Å². The first-order chi connectivity index (χ1) is 8.16. The fraction of sp³-hybridized carbons (Fsp3) is 0. The standard InChI is InChI=1S/C10H8N4O3/c15-8-3-5-14(10(17)12-8)13-9(16)7-2-1-4-11-6-7/h1-6H,(H,13,16)(H,12,15,17). The monoisotopic (exact) mass is 232 g/mol. The van der Waals surface area contributed by atoms with Crippen molar-refractivity contribution < 1.29 is 4.79 Å². The Morgan fingerprint density at radius 2 is 2.18 bits per heavy atom. The molecule has 0 saturated heterocycles. The summed E-state index contributed by atoms with van der Waals surface area (Å²) in [6, 6.07) is 4.29. The van der Waals surface area contributed by atoms with Gasteiger partial charge in [0.15, 0.2) is 0 Å². The lowest BCUT2D eigenvalue weighted by atomic mass is 10.3. The molecule has 0 saturated carbocycles. The molecular weight excluding hydrogens is 224 g/mol. The molecule has 0 aliphatic rings. The normalized spacial score (nSPS) is 9.88. The molecule has 2 aromatic heterocycles. The summed E-state index contributed by atoms with van der Waals surface area (Å²) in [5.74, 6) is -0.493. The summed E-state index contributed by atoms with van der Waals surface area (Å²) >= 11 is 0. The van der Waals surface area contributed by atoms with Crippen LogP contribution < -0.4 is 16.7 Å². The summed E-state index contributed by atoms with van der Waals surface area (Å²) in [5.41, 5.74) is 1.38. The highest BCUT2D eigenvalue weighted by atomic mass is 16.2. The van der Waals surface area contributed by atoms with Gasteiger partial charge in [-0.3, -0.25) is 25.0 Å². The quantitative estimate of drug-likeness (QED) is 0.716. The number of hydrogen-bond donors (Lipinski definition) is 2. The molecule has 0 atom stereocenters. The highest BCUT2D eigenvalue weighted by Gasteiger charge is 2.06. The Morgan fingerprint density at radius 3 is 2.82 bits per heavy atom. The van der Waals surface area contributed by atoms with Crippen LogP contribution in [0.2, 0.25) is 0 Å². The van der Waals surface area contributed by atoms with Gasteiger partial charge in [-0.2, -0.15) is 0 Å². The van der Waals surface area contributed by atoms with Gasteiger partial charge in [0.05, 0.1) is 5.56 Å². The first-order valence-corrected chi connectivity index (χ1v) is 4.70. The Balaban J connectivity index is 2.25. The predicted octanol–water partition coefficient (Wildman–Crippen LogP) is -0.685. The van der Waals surface area contributed by atoms with E-state index in [2.05, 4.69) is 10.4 Å². The Labute approximate surface area is 94.7 Å². The summed E-state index contributed by atoms with van der Waals surface area (Å²) in [6.07, 6.45) is 4.07. The number of hydrogen-bond acceptors (Lipinski definition) is 4. The van der Waals surface area contributed by atoms with E-state index in [9.17, 15) is 14.4 Å². The second-order valence-corrected chi connectivity index (χ2v) is 3.16. The van der Waals surface area contributed by atoms with Gasteiger partial charge in [0.2, 0.25) is 0 Å². The minimum atomic E-state index is -0.713. The molecule has 2 rings (SSSR count). The van der Waals surface area contributed by atoms with E-state index in [0.717, 1.165) is 10.7 Å². The van der Waals surface area contributed by atoms with E-state index in [1.54, 1.807) is 12.1 Å². The maximum atomic E-state index is 11.6. The molecule has 0 radical (unpaired) electrons. The van der Waals surface area contributed by atoms with E-state index < -0.39 is 17.2 Å². The number of rotatable bonds is 2. The lowest BCUT2D eigenvalue weighted by Crippen LogP contribution is -2.37. The van der Waals surface area contributed by atoms with Crippen LogP contribution in [-0.2, 0) is 0 Å². The molecule has 2 aromatic rings. The molecule has 1 amide bonds. The van der Waals surface area contributed by atoms with E-state index in [1.165, 1.54) is 18.6 Å². The smallest absolute Gasteiger partial charge is 0.273 e. The minimum Gasteiger partial charge on any atom is -0.273 e. The topological polar surface area (TPSA) is 96.9 Å². The molecule has 0 spiro atoms. The molecule has 0 bridgehead atoms. The van der Waals surface area contributed by atoms with Crippen LogP contribution in [0.25, 0.3) is 0 Å². The summed E-state index contributed by atoms with van der Waals surface area (Å²) in [7, 11) is 0. The zero-order valence-corrected chi connectivity index (χ0v) is 8.58. The molecule has 0 fully saturated rings. The lowest BCUT2D eigenvalue weighted by molar-refractivity contribution is 0.101. The Morgan fingerprint density at radius 1 is 1.35 bits per heavy atom. The average molecular weight is 232 g/mol. The van der Waals surface area contributed by atoms with Crippen molar-refractivity contribution in [2.45, 2.75) is 0 Å². The van der Waals surface area contributed by atoms with Crippen LogP contribution in [0, 0.1) is 0 Å². The third-order valence-electron chi connectivity index (χ3n) is 1.97. The number of aromatic amines is 1. The summed E-state index contributed by atoms with van der Waals surface area (Å²) in [4.78, 5) is 39.5. The number of nitrogens with zero attached hydrogens (tertiary/aromatic N) is 2. The Bertz CT molecular complexity index is 644. The molecule has 86 valence electrons. The van der Waals surface area contributed by atoms with Crippen LogP contribution in [0.1, 0.15) is 10.4 Å². The number of H-pyrrole nitrogens is 1.